The van der Waals surface area contributed by atoms with E-state index in [1.54, 1.807) is 31.3 Å². The lowest BCUT2D eigenvalue weighted by Crippen LogP contribution is -2.73. The molecule has 222 valence electrons. The Morgan fingerprint density at radius 3 is 2.20 bits per heavy atom. The number of hydrogen-bond donors (Lipinski definition) is 3. The molecule has 1 saturated carbocycles. The number of rotatable bonds is 10. The van der Waals surface area contributed by atoms with Gasteiger partial charge in [-0.05, 0) is 74.1 Å². The Hall–Kier alpha value is -3.14. The van der Waals surface area contributed by atoms with E-state index in [0.29, 0.717) is 68.8 Å². The fraction of sp³-hybridized carbons (Fsp3) is 0.516. The second kappa shape index (κ2) is 12.8. The second-order valence-electron chi connectivity index (χ2n) is 11.5. The van der Waals surface area contributed by atoms with Gasteiger partial charge in [0.25, 0.3) is 5.91 Å². The van der Waals surface area contributed by atoms with E-state index >= 15 is 0 Å². The third kappa shape index (κ3) is 6.85. The third-order valence-corrected chi connectivity index (χ3v) is 8.55. The predicted molar refractivity (Wildman–Crippen MR) is 158 cm³/mol. The van der Waals surface area contributed by atoms with Crippen LogP contribution in [0, 0.1) is 0 Å². The molecule has 2 aliphatic heterocycles. The molecule has 3 aliphatic rings. The van der Waals surface area contributed by atoms with Gasteiger partial charge in [0, 0.05) is 45.2 Å². The first kappa shape index (κ1) is 30.8. The van der Waals surface area contributed by atoms with Gasteiger partial charge in [0.1, 0.15) is 23.1 Å². The summed E-state index contributed by atoms with van der Waals surface area (Å²) in [5, 5.41) is 16.0. The highest BCUT2D eigenvalue weighted by atomic mass is 35.5. The van der Waals surface area contributed by atoms with Crippen LogP contribution >= 0.6 is 12.4 Å². The van der Waals surface area contributed by atoms with Crippen LogP contribution in [0.15, 0.2) is 48.5 Å². The van der Waals surface area contributed by atoms with E-state index < -0.39 is 17.2 Å². The van der Waals surface area contributed by atoms with Gasteiger partial charge in [-0.25, -0.2) is 0 Å². The van der Waals surface area contributed by atoms with E-state index in [4.69, 9.17) is 4.74 Å². The van der Waals surface area contributed by atoms with Crippen molar-refractivity contribution < 1.29 is 24.2 Å². The summed E-state index contributed by atoms with van der Waals surface area (Å²) < 4.78 is 5.93. The number of ether oxygens (including phenoxy) is 1. The number of halogens is 1. The van der Waals surface area contributed by atoms with E-state index in [1.165, 1.54) is 0 Å². The number of carbonyl (C=O) groups excluding carboxylic acids is 3. The summed E-state index contributed by atoms with van der Waals surface area (Å²) in [5.74, 6) is 1.12. The number of nitrogens with one attached hydrogen (secondary N) is 2. The quantitative estimate of drug-likeness (QED) is 0.393. The van der Waals surface area contributed by atoms with Gasteiger partial charge < -0.3 is 25.4 Å². The smallest absolute Gasteiger partial charge is 0.251 e. The lowest BCUT2D eigenvalue weighted by atomic mass is 9.81. The molecule has 1 spiro atoms. The van der Waals surface area contributed by atoms with Crippen molar-refractivity contribution in [1.29, 1.82) is 0 Å². The molecular formula is C31H41ClN4O5. The van der Waals surface area contributed by atoms with Crippen molar-refractivity contribution in [2.45, 2.75) is 75.6 Å². The molecule has 2 aromatic rings. The number of nitrogens with zero attached hydrogens (tertiary/aromatic N) is 2. The molecule has 0 unspecified atom stereocenters. The van der Waals surface area contributed by atoms with E-state index in [0.717, 1.165) is 24.9 Å². The van der Waals surface area contributed by atoms with Crippen molar-refractivity contribution in [1.82, 2.24) is 20.4 Å². The molecular weight excluding hydrogens is 544 g/mol. The van der Waals surface area contributed by atoms with E-state index in [9.17, 15) is 19.5 Å². The van der Waals surface area contributed by atoms with Crippen molar-refractivity contribution in [2.75, 3.05) is 26.7 Å². The number of amides is 3. The minimum Gasteiger partial charge on any atom is -0.457 e. The molecule has 10 heteroatoms. The Morgan fingerprint density at radius 1 is 1.02 bits per heavy atom. The van der Waals surface area contributed by atoms with Gasteiger partial charge in [0.2, 0.25) is 11.8 Å². The molecule has 3 amide bonds. The molecule has 3 fully saturated rings. The average Bonchev–Trinajstić information content (AvgIpc) is 3.70. The number of benzene rings is 2. The van der Waals surface area contributed by atoms with Crippen molar-refractivity contribution in [3.8, 4) is 11.5 Å². The summed E-state index contributed by atoms with van der Waals surface area (Å²) in [4.78, 5) is 42.9. The van der Waals surface area contributed by atoms with Crippen LogP contribution in [-0.4, -0.2) is 76.5 Å². The summed E-state index contributed by atoms with van der Waals surface area (Å²) in [6.07, 6.45) is 4.69. The highest BCUT2D eigenvalue weighted by molar-refractivity contribution is 6.00. The van der Waals surface area contributed by atoms with E-state index in [2.05, 4.69) is 22.5 Å². The van der Waals surface area contributed by atoms with Gasteiger partial charge in [0.15, 0.2) is 0 Å². The number of unbranched alkanes of at least 4 members (excludes halogenated alkanes) is 1. The summed E-state index contributed by atoms with van der Waals surface area (Å²) in [7, 11) is 1.60. The summed E-state index contributed by atoms with van der Waals surface area (Å²) >= 11 is 0. The van der Waals surface area contributed by atoms with Crippen LogP contribution in [0.4, 0.5) is 0 Å². The summed E-state index contributed by atoms with van der Waals surface area (Å²) in [5.41, 5.74) is 0.114. The Balaban J connectivity index is 0.00000387. The summed E-state index contributed by atoms with van der Waals surface area (Å²) in [6, 6.07) is 14.3. The van der Waals surface area contributed by atoms with E-state index in [-0.39, 0.29) is 30.1 Å². The lowest BCUT2D eigenvalue weighted by molar-refractivity contribution is -0.162. The number of piperidine rings is 1. The van der Waals surface area contributed by atoms with Gasteiger partial charge in [-0.2, -0.15) is 0 Å². The van der Waals surface area contributed by atoms with Gasteiger partial charge in [-0.15, -0.1) is 12.4 Å². The van der Waals surface area contributed by atoms with Crippen molar-refractivity contribution in [3.05, 3.63) is 59.7 Å². The maximum Gasteiger partial charge on any atom is 0.251 e. The molecule has 0 radical (unpaired) electrons. The zero-order valence-electron chi connectivity index (χ0n) is 23.9. The first-order valence-electron chi connectivity index (χ1n) is 14.4. The Morgan fingerprint density at radius 2 is 1.63 bits per heavy atom. The first-order chi connectivity index (χ1) is 19.2. The van der Waals surface area contributed by atoms with Gasteiger partial charge in [-0.1, -0.05) is 25.5 Å². The standard InChI is InChI=1S/C31H40N4O5.ClH/c1-3-4-17-35-28(37)26(20-30(39)13-14-30)33-29(38)31(35)15-18-34(19-16-31)21-22-5-9-24(10-6-22)40-25-11-7-23(8-12-25)27(36)32-2;/h5-12,26,39H,3-4,13-21H2,1-2H3,(H,32,36)(H,33,38);1H/t26-;/m1./s1. The van der Waals surface area contributed by atoms with Crippen LogP contribution in [0.3, 0.4) is 0 Å². The molecule has 1 aliphatic carbocycles. The topological polar surface area (TPSA) is 111 Å². The maximum absolute atomic E-state index is 13.5. The summed E-state index contributed by atoms with van der Waals surface area (Å²) in [6.45, 7) is 4.85. The third-order valence-electron chi connectivity index (χ3n) is 8.55. The van der Waals surface area contributed by atoms with Crippen molar-refractivity contribution in [2.24, 2.45) is 0 Å². The number of carbonyl (C=O) groups is 3. The molecule has 3 N–H and O–H groups in total. The molecule has 2 saturated heterocycles. The number of likely N-dealkylation sites (tertiary alicyclic amines) is 1. The van der Waals surface area contributed by atoms with Crippen LogP contribution in [0.25, 0.3) is 0 Å². The fourth-order valence-corrected chi connectivity index (χ4v) is 5.84. The Bertz CT molecular complexity index is 1220. The SMILES string of the molecule is CCCCN1C(=O)[C@@H](CC2(O)CC2)NC(=O)C12CCN(Cc1ccc(Oc3ccc(C(=O)NC)cc3)cc1)CC2.Cl. The minimum atomic E-state index is -0.809. The van der Waals surface area contributed by atoms with E-state index in [1.807, 2.05) is 29.2 Å². The average molecular weight is 585 g/mol. The number of aliphatic hydroxyl groups is 1. The van der Waals surface area contributed by atoms with Crippen molar-refractivity contribution >= 4 is 30.1 Å². The lowest BCUT2D eigenvalue weighted by Gasteiger charge is -2.52. The number of hydrogen-bond acceptors (Lipinski definition) is 6. The molecule has 1 atom stereocenters. The van der Waals surface area contributed by atoms with Crippen LogP contribution in [0.1, 0.15) is 67.8 Å². The molecule has 2 heterocycles. The van der Waals surface area contributed by atoms with Crippen LogP contribution < -0.4 is 15.4 Å². The second-order valence-corrected chi connectivity index (χ2v) is 11.5. The monoisotopic (exact) mass is 584 g/mol. The van der Waals surface area contributed by atoms with Crippen LogP contribution in [-0.2, 0) is 16.1 Å². The largest absolute Gasteiger partial charge is 0.457 e. The highest BCUT2D eigenvalue weighted by Crippen LogP contribution is 2.42. The first-order valence-corrected chi connectivity index (χ1v) is 14.4. The van der Waals surface area contributed by atoms with Crippen LogP contribution in [0.5, 0.6) is 11.5 Å². The Labute approximate surface area is 248 Å². The van der Waals surface area contributed by atoms with Gasteiger partial charge in [-0.3, -0.25) is 19.3 Å². The minimum absolute atomic E-state index is 0. The predicted octanol–water partition coefficient (Wildman–Crippen LogP) is 3.64. The Kier molecular flexibility index (Phi) is 9.62. The van der Waals surface area contributed by atoms with Gasteiger partial charge in [0.05, 0.1) is 5.60 Å². The molecule has 0 bridgehead atoms. The zero-order valence-corrected chi connectivity index (χ0v) is 24.7. The molecule has 5 rings (SSSR count). The van der Waals surface area contributed by atoms with Crippen LogP contribution in [0.2, 0.25) is 0 Å². The fourth-order valence-electron chi connectivity index (χ4n) is 5.84. The van der Waals surface area contributed by atoms with Gasteiger partial charge >= 0.3 is 0 Å². The highest BCUT2D eigenvalue weighted by Gasteiger charge is 2.55. The molecule has 0 aromatic heterocycles. The maximum atomic E-state index is 13.5. The van der Waals surface area contributed by atoms with Crippen molar-refractivity contribution in [3.63, 3.8) is 0 Å². The number of piperazine rings is 1. The molecule has 9 nitrogen and oxygen atoms in total. The zero-order chi connectivity index (χ0) is 28.3. The molecule has 41 heavy (non-hydrogen) atoms. The normalized spacial score (nSPS) is 21.1. The molecule has 2 aromatic carbocycles.